The molecule has 0 saturated carbocycles. The molecule has 0 radical (unpaired) electrons. The second kappa shape index (κ2) is 7.59. The fourth-order valence-corrected chi connectivity index (χ4v) is 2.32. The minimum Gasteiger partial charge on any atom is -0.493 e. The van der Waals surface area contributed by atoms with E-state index in [1.165, 1.54) is 26.4 Å². The van der Waals surface area contributed by atoms with Crippen molar-refractivity contribution < 1.29 is 19.2 Å². The van der Waals surface area contributed by atoms with Gasteiger partial charge in [-0.05, 0) is 13.0 Å². The molecule has 8 heteroatoms. The Kier molecular flexibility index (Phi) is 5.53. The number of carbonyl (C=O) groups excluding carboxylic acids is 1. The highest BCUT2D eigenvalue weighted by Crippen LogP contribution is 2.34. The van der Waals surface area contributed by atoms with Gasteiger partial charge in [0.05, 0.1) is 25.2 Å². The van der Waals surface area contributed by atoms with E-state index in [0.717, 1.165) is 25.1 Å². The molecule has 1 aliphatic heterocycles. The third-order valence-electron chi connectivity index (χ3n) is 3.58. The number of carbonyl (C=O) groups is 1. The summed E-state index contributed by atoms with van der Waals surface area (Å²) in [5, 5.41) is 17.1. The van der Waals surface area contributed by atoms with Crippen LogP contribution in [0.25, 0.3) is 0 Å². The Morgan fingerprint density at radius 3 is 2.61 bits per heavy atom. The number of nitrogens with one attached hydrogen (secondary N) is 2. The van der Waals surface area contributed by atoms with Crippen molar-refractivity contribution in [2.24, 2.45) is 0 Å². The van der Waals surface area contributed by atoms with Gasteiger partial charge >= 0.3 is 0 Å². The molecule has 0 spiro atoms. The van der Waals surface area contributed by atoms with Crippen molar-refractivity contribution in [3.63, 3.8) is 0 Å². The first kappa shape index (κ1) is 16.8. The van der Waals surface area contributed by atoms with Crippen LogP contribution in [0, 0.1) is 10.1 Å². The van der Waals surface area contributed by atoms with Crippen molar-refractivity contribution in [1.82, 2.24) is 10.6 Å². The number of rotatable bonds is 6. The summed E-state index contributed by atoms with van der Waals surface area (Å²) >= 11 is 0. The number of nitro groups is 1. The number of ether oxygens (including phenoxy) is 2. The normalized spacial score (nSPS) is 13.9. The van der Waals surface area contributed by atoms with E-state index in [1.807, 2.05) is 6.08 Å². The SMILES string of the molecule is COc1cc(C(=O)NCC2=CCNCC2)c([N+](=O)[O-])cc1OC. The highest BCUT2D eigenvalue weighted by molar-refractivity contribution is 5.99. The molecule has 0 atom stereocenters. The average Bonchev–Trinajstić information content (AvgIpc) is 2.59. The maximum atomic E-state index is 12.3. The Bertz CT molecular complexity index is 642. The highest BCUT2D eigenvalue weighted by Gasteiger charge is 2.24. The number of nitrogens with zero attached hydrogens (tertiary/aromatic N) is 1. The minimum absolute atomic E-state index is 0.0535. The second-order valence-electron chi connectivity index (χ2n) is 4.98. The predicted molar refractivity (Wildman–Crippen MR) is 84.1 cm³/mol. The molecule has 1 heterocycles. The fraction of sp³-hybridized carbons (Fsp3) is 0.400. The lowest BCUT2D eigenvalue weighted by atomic mass is 10.1. The smallest absolute Gasteiger partial charge is 0.286 e. The van der Waals surface area contributed by atoms with Gasteiger partial charge in [0.25, 0.3) is 11.6 Å². The molecule has 23 heavy (non-hydrogen) atoms. The molecular formula is C15H19N3O5. The molecule has 1 amide bonds. The van der Waals surface area contributed by atoms with E-state index >= 15 is 0 Å². The number of amides is 1. The topological polar surface area (TPSA) is 103 Å². The van der Waals surface area contributed by atoms with E-state index in [4.69, 9.17) is 9.47 Å². The first-order chi connectivity index (χ1) is 11.1. The summed E-state index contributed by atoms with van der Waals surface area (Å²) in [5.41, 5.74) is 0.724. The zero-order valence-electron chi connectivity index (χ0n) is 13.0. The average molecular weight is 321 g/mol. The van der Waals surface area contributed by atoms with E-state index in [2.05, 4.69) is 10.6 Å². The summed E-state index contributed by atoms with van der Waals surface area (Å²) in [6.07, 6.45) is 2.85. The lowest BCUT2D eigenvalue weighted by Crippen LogP contribution is -2.30. The molecule has 0 aromatic heterocycles. The van der Waals surface area contributed by atoms with E-state index in [1.54, 1.807) is 0 Å². The van der Waals surface area contributed by atoms with Gasteiger partial charge in [-0.2, -0.15) is 0 Å². The second-order valence-corrected chi connectivity index (χ2v) is 4.98. The van der Waals surface area contributed by atoms with Gasteiger partial charge in [0.1, 0.15) is 5.56 Å². The molecule has 0 fully saturated rings. The molecule has 1 aromatic rings. The third kappa shape index (κ3) is 3.98. The van der Waals surface area contributed by atoms with Gasteiger partial charge in [0.2, 0.25) is 0 Å². The molecule has 0 aliphatic carbocycles. The van der Waals surface area contributed by atoms with Crippen LogP contribution in [0.1, 0.15) is 16.8 Å². The largest absolute Gasteiger partial charge is 0.493 e. The van der Waals surface area contributed by atoms with Gasteiger partial charge < -0.3 is 20.1 Å². The number of hydrogen-bond donors (Lipinski definition) is 2. The van der Waals surface area contributed by atoms with Crippen molar-refractivity contribution in [1.29, 1.82) is 0 Å². The molecule has 0 saturated heterocycles. The molecule has 1 aliphatic rings. The lowest BCUT2D eigenvalue weighted by Gasteiger charge is -2.15. The van der Waals surface area contributed by atoms with Crippen molar-refractivity contribution in [2.45, 2.75) is 6.42 Å². The Morgan fingerprint density at radius 2 is 2.04 bits per heavy atom. The summed E-state index contributed by atoms with van der Waals surface area (Å²) in [5.74, 6) is -0.0433. The Hall–Kier alpha value is -2.61. The van der Waals surface area contributed by atoms with E-state index in [0.29, 0.717) is 6.54 Å². The number of hydrogen-bond acceptors (Lipinski definition) is 6. The van der Waals surface area contributed by atoms with Gasteiger partial charge in [-0.1, -0.05) is 11.6 Å². The third-order valence-corrected chi connectivity index (χ3v) is 3.58. The standard InChI is InChI=1S/C15H19N3O5/c1-22-13-7-11(12(18(20)21)8-14(13)23-2)15(19)17-9-10-3-5-16-6-4-10/h3,7-8,16H,4-6,9H2,1-2H3,(H,17,19). The molecule has 8 nitrogen and oxygen atoms in total. The van der Waals surface area contributed by atoms with Crippen molar-refractivity contribution in [3.05, 3.63) is 39.5 Å². The molecule has 1 aromatic carbocycles. The quantitative estimate of drug-likeness (QED) is 0.464. The summed E-state index contributed by atoms with van der Waals surface area (Å²) in [6, 6.07) is 2.51. The van der Waals surface area contributed by atoms with Crippen molar-refractivity contribution in [3.8, 4) is 11.5 Å². The van der Waals surface area contributed by atoms with Gasteiger partial charge in [-0.15, -0.1) is 0 Å². The maximum absolute atomic E-state index is 12.3. The van der Waals surface area contributed by atoms with Crippen LogP contribution < -0.4 is 20.1 Å². The van der Waals surface area contributed by atoms with E-state index < -0.39 is 10.8 Å². The Morgan fingerprint density at radius 1 is 1.35 bits per heavy atom. The number of methoxy groups -OCH3 is 2. The Labute approximate surface area is 133 Å². The zero-order valence-corrected chi connectivity index (χ0v) is 13.0. The van der Waals surface area contributed by atoms with Crippen LogP contribution in [-0.2, 0) is 0 Å². The fourth-order valence-electron chi connectivity index (χ4n) is 2.32. The van der Waals surface area contributed by atoms with Crippen molar-refractivity contribution >= 4 is 11.6 Å². The molecule has 124 valence electrons. The number of nitro benzene ring substituents is 1. The summed E-state index contributed by atoms with van der Waals surface area (Å²) in [6.45, 7) is 1.99. The maximum Gasteiger partial charge on any atom is 0.286 e. The van der Waals surface area contributed by atoms with E-state index in [9.17, 15) is 14.9 Å². The molecule has 2 rings (SSSR count). The molecule has 2 N–H and O–H groups in total. The van der Waals surface area contributed by atoms with Crippen LogP contribution in [-0.4, -0.2) is 44.7 Å². The van der Waals surface area contributed by atoms with Crippen molar-refractivity contribution in [2.75, 3.05) is 33.9 Å². The minimum atomic E-state index is -0.610. The highest BCUT2D eigenvalue weighted by atomic mass is 16.6. The van der Waals surface area contributed by atoms with Crippen LogP contribution >= 0.6 is 0 Å². The summed E-state index contributed by atoms with van der Waals surface area (Å²) < 4.78 is 10.1. The molecule has 0 unspecified atom stereocenters. The van der Waals surface area contributed by atoms with Gasteiger partial charge in [-0.25, -0.2) is 0 Å². The lowest BCUT2D eigenvalue weighted by molar-refractivity contribution is -0.385. The zero-order chi connectivity index (χ0) is 16.8. The van der Waals surface area contributed by atoms with Gasteiger partial charge in [0, 0.05) is 19.2 Å². The molecule has 0 bridgehead atoms. The van der Waals surface area contributed by atoms with E-state index in [-0.39, 0.29) is 22.7 Å². The van der Waals surface area contributed by atoms with Crippen LogP contribution in [0.5, 0.6) is 11.5 Å². The first-order valence-electron chi connectivity index (χ1n) is 7.14. The van der Waals surface area contributed by atoms with Crippen LogP contribution in [0.3, 0.4) is 0 Å². The molecular weight excluding hydrogens is 302 g/mol. The van der Waals surface area contributed by atoms with Gasteiger partial charge in [-0.3, -0.25) is 14.9 Å². The van der Waals surface area contributed by atoms with Crippen LogP contribution in [0.4, 0.5) is 5.69 Å². The summed E-state index contributed by atoms with van der Waals surface area (Å²) in [7, 11) is 2.79. The van der Waals surface area contributed by atoms with Crippen LogP contribution in [0.2, 0.25) is 0 Å². The van der Waals surface area contributed by atoms with Crippen LogP contribution in [0.15, 0.2) is 23.8 Å². The van der Waals surface area contributed by atoms with Gasteiger partial charge in [0.15, 0.2) is 11.5 Å². The monoisotopic (exact) mass is 321 g/mol. The Balaban J connectivity index is 2.23. The first-order valence-corrected chi connectivity index (χ1v) is 7.14. The predicted octanol–water partition coefficient (Wildman–Crippen LogP) is 1.26. The summed E-state index contributed by atoms with van der Waals surface area (Å²) in [4.78, 5) is 22.9. The number of benzene rings is 1.